The minimum atomic E-state index is -1.60. The van der Waals surface area contributed by atoms with Crippen LogP contribution >= 0.6 is 31.9 Å². The van der Waals surface area contributed by atoms with E-state index < -0.39 is 26.9 Å². The quantitative estimate of drug-likeness (QED) is 0.464. The van der Waals surface area contributed by atoms with E-state index in [4.69, 9.17) is 9.47 Å². The summed E-state index contributed by atoms with van der Waals surface area (Å²) in [7, 11) is 1.31. The first kappa shape index (κ1) is 16.9. The molecule has 0 fully saturated rings. The molecular formula is C10H17Br2NO4. The van der Waals surface area contributed by atoms with Gasteiger partial charge in [-0.1, -0.05) is 31.9 Å². The second-order valence-electron chi connectivity index (χ2n) is 4.42. The van der Waals surface area contributed by atoms with Crippen LogP contribution in [0.4, 0.5) is 0 Å². The van der Waals surface area contributed by atoms with Crippen molar-refractivity contribution in [3.63, 3.8) is 0 Å². The molecule has 1 amide bonds. The second-order valence-corrected chi connectivity index (χ2v) is 7.48. The molecule has 0 saturated heterocycles. The predicted octanol–water partition coefficient (Wildman–Crippen LogP) is 1.92. The van der Waals surface area contributed by atoms with Gasteiger partial charge < -0.3 is 14.8 Å². The molecule has 0 aromatic heterocycles. The molecule has 7 heteroatoms. The Labute approximate surface area is 118 Å². The maximum Gasteiger partial charge on any atom is 0.362 e. The average Bonchev–Trinajstić information content (AvgIpc) is 2.10. The summed E-state index contributed by atoms with van der Waals surface area (Å²) in [5, 5.41) is 2.44. The summed E-state index contributed by atoms with van der Waals surface area (Å²) in [6, 6.07) is 0. The van der Waals surface area contributed by atoms with Crippen LogP contribution in [0.5, 0.6) is 0 Å². The second kappa shape index (κ2) is 6.15. The van der Waals surface area contributed by atoms with Crippen LogP contribution in [0.3, 0.4) is 0 Å². The molecule has 0 aliphatic rings. The molecular weight excluding hydrogens is 358 g/mol. The highest BCUT2D eigenvalue weighted by Gasteiger charge is 2.48. The maximum absolute atomic E-state index is 12.1. The van der Waals surface area contributed by atoms with Crippen LogP contribution in [0.15, 0.2) is 0 Å². The lowest BCUT2D eigenvalue weighted by Gasteiger charge is -2.34. The number of esters is 1. The SMILES string of the molecule is COC(NC(C)=O)(C(=O)OC(C)(C)C)C(Br)Br. The van der Waals surface area contributed by atoms with Crippen LogP contribution < -0.4 is 5.32 Å². The average molecular weight is 375 g/mol. The van der Waals surface area contributed by atoms with Gasteiger partial charge >= 0.3 is 5.97 Å². The van der Waals surface area contributed by atoms with Gasteiger partial charge in [-0.25, -0.2) is 4.79 Å². The molecule has 1 N–H and O–H groups in total. The van der Waals surface area contributed by atoms with Crippen LogP contribution in [0.1, 0.15) is 27.7 Å². The third-order valence-corrected chi connectivity index (χ3v) is 2.98. The molecule has 100 valence electrons. The number of hydrogen-bond acceptors (Lipinski definition) is 4. The highest BCUT2D eigenvalue weighted by molar-refractivity contribution is 9.24. The molecule has 17 heavy (non-hydrogen) atoms. The zero-order chi connectivity index (χ0) is 13.9. The number of hydrogen-bond donors (Lipinski definition) is 1. The summed E-state index contributed by atoms with van der Waals surface area (Å²) in [4.78, 5) is 23.2. The van der Waals surface area contributed by atoms with Crippen LogP contribution in [0, 0.1) is 0 Å². The number of amides is 1. The van der Waals surface area contributed by atoms with E-state index in [1.807, 2.05) is 0 Å². The third kappa shape index (κ3) is 4.93. The van der Waals surface area contributed by atoms with E-state index in [2.05, 4.69) is 37.2 Å². The van der Waals surface area contributed by atoms with Gasteiger partial charge in [-0.3, -0.25) is 4.79 Å². The Morgan fingerprint density at radius 3 is 1.94 bits per heavy atom. The molecule has 0 aliphatic heterocycles. The smallest absolute Gasteiger partial charge is 0.362 e. The summed E-state index contributed by atoms with van der Waals surface area (Å²) in [5.74, 6) is -1.08. The van der Waals surface area contributed by atoms with Gasteiger partial charge in [0.05, 0.1) is 0 Å². The summed E-state index contributed by atoms with van der Waals surface area (Å²) in [6.07, 6.45) is 0. The maximum atomic E-state index is 12.1. The van der Waals surface area contributed by atoms with Crippen molar-refractivity contribution in [2.45, 2.75) is 42.8 Å². The number of nitrogens with one attached hydrogen (secondary N) is 1. The Morgan fingerprint density at radius 2 is 1.71 bits per heavy atom. The van der Waals surface area contributed by atoms with Gasteiger partial charge in [-0.15, -0.1) is 0 Å². The Hall–Kier alpha value is -0.140. The number of carbonyl (C=O) groups is 2. The molecule has 0 aliphatic carbocycles. The Balaban J connectivity index is 5.16. The van der Waals surface area contributed by atoms with Gasteiger partial charge in [0.1, 0.15) is 9.34 Å². The number of carbonyl (C=O) groups excluding carboxylic acids is 2. The Kier molecular flexibility index (Phi) is 6.10. The van der Waals surface area contributed by atoms with Crippen LogP contribution in [-0.4, -0.2) is 34.0 Å². The number of halogens is 2. The van der Waals surface area contributed by atoms with Gasteiger partial charge in [0, 0.05) is 14.0 Å². The number of ether oxygens (including phenoxy) is 2. The van der Waals surface area contributed by atoms with E-state index in [1.54, 1.807) is 20.8 Å². The van der Waals surface area contributed by atoms with Crippen molar-refractivity contribution in [1.82, 2.24) is 5.32 Å². The first-order valence-corrected chi connectivity index (χ1v) is 6.74. The zero-order valence-electron chi connectivity index (χ0n) is 10.5. The minimum absolute atomic E-state index is 0.401. The Bertz CT molecular complexity index is 301. The fourth-order valence-corrected chi connectivity index (χ4v) is 2.01. The molecule has 1 atom stereocenters. The fraction of sp³-hybridized carbons (Fsp3) is 0.800. The number of rotatable bonds is 4. The van der Waals surface area contributed by atoms with E-state index in [1.165, 1.54) is 14.0 Å². The fourth-order valence-electron chi connectivity index (χ4n) is 1.03. The van der Waals surface area contributed by atoms with Gasteiger partial charge in [0.25, 0.3) is 5.72 Å². The first-order chi connectivity index (χ1) is 7.55. The van der Waals surface area contributed by atoms with E-state index in [0.717, 1.165) is 0 Å². The molecule has 1 unspecified atom stereocenters. The molecule has 0 aromatic rings. The van der Waals surface area contributed by atoms with Gasteiger partial charge in [-0.2, -0.15) is 0 Å². The van der Waals surface area contributed by atoms with E-state index in [-0.39, 0.29) is 0 Å². The van der Waals surface area contributed by atoms with E-state index >= 15 is 0 Å². The molecule has 0 saturated carbocycles. The molecule has 0 heterocycles. The molecule has 0 radical (unpaired) electrons. The summed E-state index contributed by atoms with van der Waals surface area (Å²) >= 11 is 6.34. The predicted molar refractivity (Wildman–Crippen MR) is 71.0 cm³/mol. The van der Waals surface area contributed by atoms with Gasteiger partial charge in [0.2, 0.25) is 5.91 Å². The third-order valence-electron chi connectivity index (χ3n) is 1.69. The van der Waals surface area contributed by atoms with Gasteiger partial charge in [-0.05, 0) is 20.8 Å². The largest absolute Gasteiger partial charge is 0.456 e. The molecule has 0 spiro atoms. The lowest BCUT2D eigenvalue weighted by Crippen LogP contribution is -2.61. The standard InChI is InChI=1S/C10H17Br2NO4/c1-6(14)13-10(16-5,7(11)12)8(15)17-9(2,3)4/h7H,1-5H3,(H,13,14). The van der Waals surface area contributed by atoms with Crippen molar-refractivity contribution < 1.29 is 19.1 Å². The highest BCUT2D eigenvalue weighted by atomic mass is 79.9. The topological polar surface area (TPSA) is 64.6 Å². The zero-order valence-corrected chi connectivity index (χ0v) is 13.6. The summed E-state index contributed by atoms with van der Waals surface area (Å²) in [5.41, 5.74) is -2.27. The summed E-state index contributed by atoms with van der Waals surface area (Å²) in [6.45, 7) is 6.49. The van der Waals surface area contributed by atoms with Crippen molar-refractivity contribution >= 4 is 43.7 Å². The van der Waals surface area contributed by atoms with E-state index in [0.29, 0.717) is 0 Å². The van der Waals surface area contributed by atoms with Gasteiger partial charge in [0.15, 0.2) is 0 Å². The lowest BCUT2D eigenvalue weighted by atomic mass is 10.1. The highest BCUT2D eigenvalue weighted by Crippen LogP contribution is 2.28. The first-order valence-electron chi connectivity index (χ1n) is 4.90. The van der Waals surface area contributed by atoms with Crippen LogP contribution in [-0.2, 0) is 19.1 Å². The number of methoxy groups -OCH3 is 1. The normalized spacial score (nSPS) is 15.3. The molecule has 0 bridgehead atoms. The number of alkyl halides is 2. The van der Waals surface area contributed by atoms with Crippen molar-refractivity contribution in [3.05, 3.63) is 0 Å². The summed E-state index contributed by atoms with van der Waals surface area (Å²) < 4.78 is 9.72. The van der Waals surface area contributed by atoms with Crippen molar-refractivity contribution in [2.24, 2.45) is 0 Å². The lowest BCUT2D eigenvalue weighted by molar-refractivity contribution is -0.184. The Morgan fingerprint density at radius 1 is 1.24 bits per heavy atom. The minimum Gasteiger partial charge on any atom is -0.456 e. The van der Waals surface area contributed by atoms with Crippen molar-refractivity contribution in [3.8, 4) is 0 Å². The van der Waals surface area contributed by atoms with Crippen LogP contribution in [0.25, 0.3) is 0 Å². The molecule has 5 nitrogen and oxygen atoms in total. The van der Waals surface area contributed by atoms with Crippen molar-refractivity contribution in [1.29, 1.82) is 0 Å². The monoisotopic (exact) mass is 373 g/mol. The van der Waals surface area contributed by atoms with E-state index in [9.17, 15) is 9.59 Å². The molecule has 0 rings (SSSR count). The van der Waals surface area contributed by atoms with Crippen molar-refractivity contribution in [2.75, 3.05) is 7.11 Å². The molecule has 0 aromatic carbocycles. The van der Waals surface area contributed by atoms with Crippen LogP contribution in [0.2, 0.25) is 0 Å².